The van der Waals surface area contributed by atoms with E-state index in [0.717, 1.165) is 25.7 Å². The molecule has 0 aromatic carbocycles. The van der Waals surface area contributed by atoms with E-state index in [9.17, 15) is 4.57 Å². The number of fused-ring (bicyclic) bond motifs is 2. The molecular weight excluding hydrogens is 444 g/mol. The molecule has 2 aromatic rings. The summed E-state index contributed by atoms with van der Waals surface area (Å²) in [5, 5.41) is 0. The first kappa shape index (κ1) is 22.0. The number of rotatable bonds is 5. The highest BCUT2D eigenvalue weighted by molar-refractivity contribution is 7.48. The van der Waals surface area contributed by atoms with Crippen molar-refractivity contribution in [2.45, 2.75) is 82.8 Å². The van der Waals surface area contributed by atoms with E-state index < -0.39 is 31.9 Å². The molecule has 0 spiro atoms. The minimum Gasteiger partial charge on any atom is -0.473 e. The van der Waals surface area contributed by atoms with E-state index in [1.54, 1.807) is 0 Å². The lowest BCUT2D eigenvalue weighted by Gasteiger charge is -2.34. The third kappa shape index (κ3) is 3.77. The molecule has 3 fully saturated rings. The Hall–Kier alpha value is -1.85. The van der Waals surface area contributed by atoms with Crippen molar-refractivity contribution in [1.29, 1.82) is 0 Å². The van der Waals surface area contributed by atoms with Crippen LogP contribution >= 0.6 is 7.82 Å². The highest BCUT2D eigenvalue weighted by Crippen LogP contribution is 2.61. The summed E-state index contributed by atoms with van der Waals surface area (Å²) in [5.41, 5.74) is 4.35. The largest absolute Gasteiger partial charge is 0.475 e. The van der Waals surface area contributed by atoms with E-state index >= 15 is 4.39 Å². The topological polar surface area (TPSA) is 133 Å². The summed E-state index contributed by atoms with van der Waals surface area (Å²) >= 11 is 0. The number of phosphoric acid groups is 1. The van der Waals surface area contributed by atoms with Gasteiger partial charge in [0.25, 0.3) is 0 Å². The van der Waals surface area contributed by atoms with E-state index in [2.05, 4.69) is 15.0 Å². The number of hydrogen-bond acceptors (Lipinski definition) is 10. The fourth-order valence-corrected chi connectivity index (χ4v) is 6.16. The Bertz CT molecular complexity index is 1060. The van der Waals surface area contributed by atoms with Crippen molar-refractivity contribution in [3.8, 4) is 5.88 Å². The summed E-state index contributed by atoms with van der Waals surface area (Å²) in [7, 11) is -3.91. The summed E-state index contributed by atoms with van der Waals surface area (Å²) in [6, 6.07) is 0. The van der Waals surface area contributed by atoms with Crippen LogP contribution in [0.5, 0.6) is 5.88 Å². The molecule has 176 valence electrons. The smallest absolute Gasteiger partial charge is 0.473 e. The Morgan fingerprint density at radius 3 is 2.81 bits per heavy atom. The molecule has 1 saturated carbocycles. The van der Waals surface area contributed by atoms with Gasteiger partial charge in [0.05, 0.1) is 25.1 Å². The van der Waals surface area contributed by atoms with Crippen molar-refractivity contribution in [1.82, 2.24) is 19.5 Å². The fourth-order valence-electron chi connectivity index (χ4n) is 4.46. The normalized spacial score (nSPS) is 35.6. The van der Waals surface area contributed by atoms with E-state index in [4.69, 9.17) is 28.8 Å². The number of alkyl halides is 1. The number of anilines is 1. The Labute approximate surface area is 184 Å². The maximum absolute atomic E-state index is 16.1. The summed E-state index contributed by atoms with van der Waals surface area (Å²) in [4.78, 5) is 12.6. The molecular formula is C19H27FN5O6P. The van der Waals surface area contributed by atoms with Gasteiger partial charge < -0.3 is 15.2 Å². The molecule has 1 unspecified atom stereocenters. The van der Waals surface area contributed by atoms with Crippen molar-refractivity contribution in [2.24, 2.45) is 0 Å². The molecule has 5 rings (SSSR count). The number of phosphoric ester groups is 1. The first-order valence-electron chi connectivity index (χ1n) is 10.8. The number of nitrogens with two attached hydrogens (primary N) is 1. The van der Waals surface area contributed by atoms with Crippen molar-refractivity contribution < 1.29 is 32.0 Å². The van der Waals surface area contributed by atoms with E-state index in [-0.39, 0.29) is 36.3 Å². The van der Waals surface area contributed by atoms with Gasteiger partial charge in [0.1, 0.15) is 12.2 Å². The zero-order chi connectivity index (χ0) is 22.7. The summed E-state index contributed by atoms with van der Waals surface area (Å²) in [5.74, 6) is 0.159. The molecule has 1 aliphatic carbocycles. The van der Waals surface area contributed by atoms with Crippen LogP contribution in [-0.4, -0.2) is 56.2 Å². The van der Waals surface area contributed by atoms with E-state index in [0.29, 0.717) is 5.52 Å². The van der Waals surface area contributed by atoms with Gasteiger partial charge in [0.2, 0.25) is 11.8 Å². The van der Waals surface area contributed by atoms with Gasteiger partial charge >= 0.3 is 7.82 Å². The van der Waals surface area contributed by atoms with Gasteiger partial charge in [-0.3, -0.25) is 18.1 Å². The number of hydrogen-bond donors (Lipinski definition) is 1. The lowest BCUT2D eigenvalue weighted by Crippen LogP contribution is -2.45. The third-order valence-electron chi connectivity index (χ3n) is 5.91. The molecule has 0 radical (unpaired) electrons. The van der Waals surface area contributed by atoms with Crippen LogP contribution in [-0.2, 0) is 22.9 Å². The van der Waals surface area contributed by atoms with Crippen LogP contribution in [0.1, 0.15) is 52.7 Å². The molecule has 2 N–H and O–H groups in total. The second kappa shape index (κ2) is 7.88. The second-order valence-electron chi connectivity index (χ2n) is 8.84. The van der Waals surface area contributed by atoms with Crippen molar-refractivity contribution >= 4 is 24.9 Å². The summed E-state index contributed by atoms with van der Waals surface area (Å²) < 4.78 is 58.9. The summed E-state index contributed by atoms with van der Waals surface area (Å²) in [6.45, 7) is 4.90. The third-order valence-corrected chi connectivity index (χ3v) is 7.41. The van der Waals surface area contributed by atoms with Crippen LogP contribution in [0, 0.1) is 0 Å². The molecule has 0 bridgehead atoms. The zero-order valence-electron chi connectivity index (χ0n) is 18.1. The van der Waals surface area contributed by atoms with Gasteiger partial charge in [-0.25, -0.2) is 13.9 Å². The molecule has 5 atom stereocenters. The van der Waals surface area contributed by atoms with Gasteiger partial charge in [0, 0.05) is 0 Å². The first-order valence-corrected chi connectivity index (χ1v) is 12.2. The lowest BCUT2D eigenvalue weighted by atomic mass is 9.98. The first-order chi connectivity index (χ1) is 15.2. The quantitative estimate of drug-likeness (QED) is 0.648. The van der Waals surface area contributed by atoms with Crippen LogP contribution in [0.25, 0.3) is 11.2 Å². The minimum atomic E-state index is -3.91. The Balaban J connectivity index is 1.44. The van der Waals surface area contributed by atoms with Crippen LogP contribution in [0.15, 0.2) is 6.33 Å². The molecule has 0 amide bonds. The molecule has 2 aliphatic heterocycles. The Kier molecular flexibility index (Phi) is 5.41. The average Bonchev–Trinajstić information content (AvgIpc) is 3.40. The minimum absolute atomic E-state index is 0.0417. The summed E-state index contributed by atoms with van der Waals surface area (Å²) in [6.07, 6.45) is 1.43. The molecule has 2 saturated heterocycles. The van der Waals surface area contributed by atoms with Gasteiger partial charge in [-0.05, 0) is 33.6 Å². The highest BCUT2D eigenvalue weighted by atomic mass is 31.2. The molecule has 2 aromatic heterocycles. The maximum Gasteiger partial charge on any atom is 0.475 e. The molecule has 4 heterocycles. The van der Waals surface area contributed by atoms with Crippen LogP contribution in [0.4, 0.5) is 10.3 Å². The number of aromatic nitrogens is 4. The molecule has 13 heteroatoms. The molecule has 11 nitrogen and oxygen atoms in total. The average molecular weight is 471 g/mol. The number of nitrogens with zero attached hydrogens (tertiary/aromatic N) is 4. The predicted octanol–water partition coefficient (Wildman–Crippen LogP) is 3.30. The highest BCUT2D eigenvalue weighted by Gasteiger charge is 2.62. The van der Waals surface area contributed by atoms with Crippen LogP contribution in [0.2, 0.25) is 0 Å². The zero-order valence-corrected chi connectivity index (χ0v) is 19.0. The van der Waals surface area contributed by atoms with Crippen molar-refractivity contribution in [3.63, 3.8) is 0 Å². The van der Waals surface area contributed by atoms with Gasteiger partial charge in [-0.1, -0.05) is 12.8 Å². The van der Waals surface area contributed by atoms with E-state index in [1.807, 2.05) is 13.8 Å². The van der Waals surface area contributed by atoms with Gasteiger partial charge in [-0.15, -0.1) is 0 Å². The fraction of sp³-hybridized carbons (Fsp3) is 0.737. The number of nitrogen functional groups attached to an aromatic ring is 1. The monoisotopic (exact) mass is 471 g/mol. The van der Waals surface area contributed by atoms with Gasteiger partial charge in [0.15, 0.2) is 23.1 Å². The van der Waals surface area contributed by atoms with E-state index in [1.165, 1.54) is 17.8 Å². The lowest BCUT2D eigenvalue weighted by molar-refractivity contribution is -0.0745. The second-order valence-corrected chi connectivity index (χ2v) is 10.4. The Morgan fingerprint density at radius 1 is 1.34 bits per heavy atom. The SMILES string of the molecule is CC(C)Oc1nc(N)nc2c1ncn2[C@@H]1O[C@@H]2COP(=O)(OC3CCCC3)O[C@H]2[C@@]1(C)F. The standard InChI is InChI=1S/C19H27FN5O6P/c1-10(2)28-16-13-15(23-18(21)24-16)25(9-22-13)17-19(3,20)14-12(29-17)8-27-32(26,31-14)30-11-6-4-5-7-11/h9-12,14,17H,4-8H2,1-3H3,(H2,21,23,24)/t12-,14-,17-,19-,32?/m1/s1. The predicted molar refractivity (Wildman–Crippen MR) is 111 cm³/mol. The number of ether oxygens (including phenoxy) is 2. The molecule has 3 aliphatic rings. The maximum atomic E-state index is 16.1. The van der Waals surface area contributed by atoms with Crippen LogP contribution in [0.3, 0.4) is 0 Å². The Morgan fingerprint density at radius 2 is 2.09 bits per heavy atom. The van der Waals surface area contributed by atoms with Crippen molar-refractivity contribution in [2.75, 3.05) is 12.3 Å². The van der Waals surface area contributed by atoms with Crippen molar-refractivity contribution in [3.05, 3.63) is 6.33 Å². The number of imidazole rings is 1. The van der Waals surface area contributed by atoms with Crippen LogP contribution < -0.4 is 10.5 Å². The van der Waals surface area contributed by atoms with Gasteiger partial charge in [-0.2, -0.15) is 9.97 Å². The molecule has 32 heavy (non-hydrogen) atoms. The number of halogens is 1.